The molecule has 4 heteroatoms. The lowest BCUT2D eigenvalue weighted by Gasteiger charge is -2.17. The van der Waals surface area contributed by atoms with Crippen LogP contribution < -0.4 is 4.74 Å². The number of benzene rings is 1. The second-order valence-corrected chi connectivity index (χ2v) is 3.99. The van der Waals surface area contributed by atoms with Crippen LogP contribution >= 0.6 is 15.9 Å². The molecule has 0 aliphatic heterocycles. The predicted molar refractivity (Wildman–Crippen MR) is 57.3 cm³/mol. The molecule has 0 aliphatic carbocycles. The molecular weight excluding hydrogens is 248 g/mol. The number of halogens is 1. The Morgan fingerprint density at radius 2 is 2.00 bits per heavy atom. The van der Waals surface area contributed by atoms with Gasteiger partial charge >= 0.3 is 0 Å². The van der Waals surface area contributed by atoms with E-state index in [2.05, 4.69) is 15.9 Å². The lowest BCUT2D eigenvalue weighted by molar-refractivity contribution is 0.0290. The van der Waals surface area contributed by atoms with E-state index in [9.17, 15) is 10.2 Å². The molecule has 2 unspecified atom stereocenters. The van der Waals surface area contributed by atoms with E-state index in [-0.39, 0.29) is 0 Å². The number of ether oxygens (including phenoxy) is 1. The summed E-state index contributed by atoms with van der Waals surface area (Å²) >= 11 is 3.29. The van der Waals surface area contributed by atoms with Gasteiger partial charge in [0.2, 0.25) is 0 Å². The van der Waals surface area contributed by atoms with Crippen molar-refractivity contribution in [2.24, 2.45) is 0 Å². The molecule has 1 aromatic rings. The Hall–Kier alpha value is -0.580. The highest BCUT2D eigenvalue weighted by Gasteiger charge is 2.18. The predicted octanol–water partition coefficient (Wildman–Crippen LogP) is 1.87. The summed E-state index contributed by atoms with van der Waals surface area (Å²) in [5.41, 5.74) is 0.580. The highest BCUT2D eigenvalue weighted by Crippen LogP contribution is 2.29. The zero-order valence-corrected chi connectivity index (χ0v) is 9.65. The van der Waals surface area contributed by atoms with Crippen molar-refractivity contribution in [2.45, 2.75) is 19.1 Å². The number of hydrogen-bond acceptors (Lipinski definition) is 3. The minimum absolute atomic E-state index is 0.571. The molecule has 0 bridgehead atoms. The van der Waals surface area contributed by atoms with Crippen LogP contribution in [0.25, 0.3) is 0 Å². The molecule has 1 aromatic carbocycles. The first kappa shape index (κ1) is 11.5. The SMILES string of the molecule is COc1ccc(Br)cc1C(O)C(C)O. The third-order valence-electron chi connectivity index (χ3n) is 1.97. The van der Waals surface area contributed by atoms with Crippen molar-refractivity contribution in [3.63, 3.8) is 0 Å². The number of hydrogen-bond donors (Lipinski definition) is 2. The van der Waals surface area contributed by atoms with Gasteiger partial charge in [-0.15, -0.1) is 0 Å². The van der Waals surface area contributed by atoms with Crippen molar-refractivity contribution in [3.05, 3.63) is 28.2 Å². The average Bonchev–Trinajstić information content (AvgIpc) is 2.16. The van der Waals surface area contributed by atoms with Gasteiger partial charge in [0.05, 0.1) is 13.2 Å². The molecule has 0 saturated carbocycles. The van der Waals surface area contributed by atoms with Crippen LogP contribution in [0, 0.1) is 0 Å². The van der Waals surface area contributed by atoms with E-state index in [4.69, 9.17) is 4.74 Å². The van der Waals surface area contributed by atoms with Gasteiger partial charge in [0.25, 0.3) is 0 Å². The fraction of sp³-hybridized carbons (Fsp3) is 0.400. The van der Waals surface area contributed by atoms with Gasteiger partial charge in [-0.05, 0) is 25.1 Å². The normalized spacial score (nSPS) is 14.9. The fourth-order valence-corrected chi connectivity index (χ4v) is 1.57. The third-order valence-corrected chi connectivity index (χ3v) is 2.46. The molecule has 0 spiro atoms. The van der Waals surface area contributed by atoms with Crippen LogP contribution in [0.1, 0.15) is 18.6 Å². The lowest BCUT2D eigenvalue weighted by Crippen LogP contribution is -2.14. The van der Waals surface area contributed by atoms with Crippen LogP contribution in [0.15, 0.2) is 22.7 Å². The maximum absolute atomic E-state index is 9.68. The van der Waals surface area contributed by atoms with Gasteiger partial charge in [0.1, 0.15) is 11.9 Å². The molecule has 78 valence electrons. The molecule has 0 heterocycles. The summed E-state index contributed by atoms with van der Waals surface area (Å²) in [5, 5.41) is 18.9. The van der Waals surface area contributed by atoms with Crippen molar-refractivity contribution in [2.75, 3.05) is 7.11 Å². The van der Waals surface area contributed by atoms with E-state index in [1.54, 1.807) is 12.1 Å². The second kappa shape index (κ2) is 4.77. The Morgan fingerprint density at radius 1 is 1.36 bits per heavy atom. The van der Waals surface area contributed by atoms with E-state index in [0.717, 1.165) is 4.47 Å². The zero-order valence-electron chi connectivity index (χ0n) is 8.07. The standard InChI is InChI=1S/C10H13BrO3/c1-6(12)10(13)8-5-7(11)3-4-9(8)14-2/h3-6,10,12-13H,1-2H3. The van der Waals surface area contributed by atoms with Gasteiger partial charge in [-0.3, -0.25) is 0 Å². The molecule has 0 aromatic heterocycles. The molecule has 14 heavy (non-hydrogen) atoms. The molecule has 2 atom stereocenters. The van der Waals surface area contributed by atoms with Gasteiger partial charge < -0.3 is 14.9 Å². The highest BCUT2D eigenvalue weighted by atomic mass is 79.9. The molecule has 0 aliphatic rings. The molecule has 2 N–H and O–H groups in total. The van der Waals surface area contributed by atoms with Crippen molar-refractivity contribution >= 4 is 15.9 Å². The van der Waals surface area contributed by atoms with E-state index < -0.39 is 12.2 Å². The molecule has 0 saturated heterocycles. The van der Waals surface area contributed by atoms with E-state index >= 15 is 0 Å². The first-order chi connectivity index (χ1) is 6.56. The lowest BCUT2D eigenvalue weighted by atomic mass is 10.0. The molecule has 0 amide bonds. The second-order valence-electron chi connectivity index (χ2n) is 3.07. The van der Waals surface area contributed by atoms with Crippen LogP contribution in [0.2, 0.25) is 0 Å². The molecule has 3 nitrogen and oxygen atoms in total. The van der Waals surface area contributed by atoms with E-state index in [1.165, 1.54) is 14.0 Å². The van der Waals surface area contributed by atoms with E-state index in [0.29, 0.717) is 11.3 Å². The number of aliphatic hydroxyl groups is 2. The Bertz CT molecular complexity index is 312. The fourth-order valence-electron chi connectivity index (χ4n) is 1.20. The summed E-state index contributed by atoms with van der Waals surface area (Å²) < 4.78 is 5.92. The summed E-state index contributed by atoms with van der Waals surface area (Å²) in [7, 11) is 1.53. The first-order valence-corrected chi connectivity index (χ1v) is 5.05. The van der Waals surface area contributed by atoms with Crippen LogP contribution in [0.4, 0.5) is 0 Å². The van der Waals surface area contributed by atoms with Crippen molar-refractivity contribution in [1.82, 2.24) is 0 Å². The largest absolute Gasteiger partial charge is 0.496 e. The molecule has 0 radical (unpaired) electrons. The van der Waals surface area contributed by atoms with Gasteiger partial charge in [-0.1, -0.05) is 15.9 Å². The van der Waals surface area contributed by atoms with Crippen LogP contribution in [0.5, 0.6) is 5.75 Å². The number of aliphatic hydroxyl groups excluding tert-OH is 2. The highest BCUT2D eigenvalue weighted by molar-refractivity contribution is 9.10. The quantitative estimate of drug-likeness (QED) is 0.873. The summed E-state index contributed by atoms with van der Waals surface area (Å²) in [6, 6.07) is 5.29. The van der Waals surface area contributed by atoms with Crippen LogP contribution in [-0.2, 0) is 0 Å². The van der Waals surface area contributed by atoms with E-state index in [1.807, 2.05) is 6.07 Å². The maximum atomic E-state index is 9.68. The maximum Gasteiger partial charge on any atom is 0.124 e. The summed E-state index contributed by atoms with van der Waals surface area (Å²) in [5.74, 6) is 0.571. The molecular formula is C10H13BrO3. The Labute approximate surface area is 91.5 Å². The zero-order chi connectivity index (χ0) is 10.7. The van der Waals surface area contributed by atoms with Gasteiger partial charge in [-0.25, -0.2) is 0 Å². The average molecular weight is 261 g/mol. The summed E-state index contributed by atoms with van der Waals surface area (Å²) in [6.07, 6.45) is -1.75. The monoisotopic (exact) mass is 260 g/mol. The summed E-state index contributed by atoms with van der Waals surface area (Å²) in [6.45, 7) is 1.53. The van der Waals surface area contributed by atoms with Gasteiger partial charge in [0, 0.05) is 10.0 Å². The Balaban J connectivity index is 3.10. The van der Waals surface area contributed by atoms with Crippen LogP contribution in [-0.4, -0.2) is 23.4 Å². The van der Waals surface area contributed by atoms with Crippen LogP contribution in [0.3, 0.4) is 0 Å². The Kier molecular flexibility index (Phi) is 3.92. The minimum atomic E-state index is -0.928. The molecule has 1 rings (SSSR count). The van der Waals surface area contributed by atoms with Crippen molar-refractivity contribution in [1.29, 1.82) is 0 Å². The van der Waals surface area contributed by atoms with Crippen molar-refractivity contribution in [3.8, 4) is 5.75 Å². The number of methoxy groups -OCH3 is 1. The third kappa shape index (κ3) is 2.47. The summed E-state index contributed by atoms with van der Waals surface area (Å²) in [4.78, 5) is 0. The smallest absolute Gasteiger partial charge is 0.124 e. The molecule has 0 fully saturated rings. The van der Waals surface area contributed by atoms with Gasteiger partial charge in [-0.2, -0.15) is 0 Å². The first-order valence-electron chi connectivity index (χ1n) is 4.26. The Morgan fingerprint density at radius 3 is 2.50 bits per heavy atom. The van der Waals surface area contributed by atoms with Gasteiger partial charge in [0.15, 0.2) is 0 Å². The minimum Gasteiger partial charge on any atom is -0.496 e. The topological polar surface area (TPSA) is 49.7 Å². The number of rotatable bonds is 3. The van der Waals surface area contributed by atoms with Crippen molar-refractivity contribution < 1.29 is 14.9 Å².